The Kier molecular flexibility index (Phi) is 2.24. The van der Waals surface area contributed by atoms with E-state index in [0.717, 1.165) is 5.52 Å². The first-order valence-corrected chi connectivity index (χ1v) is 4.34. The molecule has 2 rings (SSSR count). The maximum Gasteiger partial charge on any atom is 0.274 e. The zero-order valence-corrected chi connectivity index (χ0v) is 7.60. The van der Waals surface area contributed by atoms with Gasteiger partial charge in [0.1, 0.15) is 6.61 Å². The molecule has 5 heteroatoms. The Morgan fingerprint density at radius 3 is 3.07 bits per heavy atom. The van der Waals surface area contributed by atoms with Crippen molar-refractivity contribution in [3.8, 4) is 5.88 Å². The number of nitrogens with two attached hydrogens (primary N) is 1. The van der Waals surface area contributed by atoms with Gasteiger partial charge in [0.05, 0.1) is 6.61 Å². The van der Waals surface area contributed by atoms with Crippen molar-refractivity contribution in [1.82, 2.24) is 5.10 Å². The number of aromatic nitrogens is 2. The molecule has 0 unspecified atom stereocenters. The summed E-state index contributed by atoms with van der Waals surface area (Å²) in [6, 6.07) is 5.67. The van der Waals surface area contributed by atoms with E-state index < -0.39 is 0 Å². The molecule has 0 amide bonds. The number of nitrogens with one attached hydrogen (secondary N) is 1. The molecule has 0 aliphatic carbocycles. The van der Waals surface area contributed by atoms with E-state index in [2.05, 4.69) is 5.10 Å². The molecule has 2 aromatic rings. The maximum atomic E-state index is 8.61. The Morgan fingerprint density at radius 1 is 1.50 bits per heavy atom. The predicted molar refractivity (Wildman–Crippen MR) is 50.9 cm³/mol. The van der Waals surface area contributed by atoms with E-state index in [9.17, 15) is 0 Å². The number of pyridine rings is 1. The van der Waals surface area contributed by atoms with Gasteiger partial charge >= 0.3 is 0 Å². The Bertz CT molecular complexity index is 439. The molecular weight excluding hydrogens is 182 g/mol. The molecule has 5 nitrogen and oxygen atoms in total. The fourth-order valence-electron chi connectivity index (χ4n) is 1.30. The number of hydrogen-bond acceptors (Lipinski definition) is 3. The average Bonchev–Trinajstić information content (AvgIpc) is 2.54. The third-order valence-corrected chi connectivity index (χ3v) is 1.94. The van der Waals surface area contributed by atoms with Crippen LogP contribution < -0.4 is 15.0 Å². The molecule has 0 atom stereocenters. The number of nitrogen functional groups attached to an aromatic ring is 1. The molecule has 0 aliphatic rings. The van der Waals surface area contributed by atoms with Gasteiger partial charge in [0.2, 0.25) is 6.20 Å². The van der Waals surface area contributed by atoms with Crippen LogP contribution in [0, 0.1) is 0 Å². The first-order chi connectivity index (χ1) is 6.83. The number of rotatable bonds is 3. The third kappa shape index (κ3) is 1.38. The SMILES string of the molecule is Nc1c(OCCO)[nH][n+]2ccccc12. The van der Waals surface area contributed by atoms with Crippen LogP contribution in [-0.2, 0) is 0 Å². The van der Waals surface area contributed by atoms with Crippen molar-refractivity contribution < 1.29 is 14.4 Å². The van der Waals surface area contributed by atoms with Crippen molar-refractivity contribution in [2.24, 2.45) is 0 Å². The summed E-state index contributed by atoms with van der Waals surface area (Å²) in [4.78, 5) is 0. The smallest absolute Gasteiger partial charge is 0.274 e. The van der Waals surface area contributed by atoms with Crippen molar-refractivity contribution in [2.75, 3.05) is 18.9 Å². The number of anilines is 1. The van der Waals surface area contributed by atoms with E-state index >= 15 is 0 Å². The number of aromatic amines is 1. The summed E-state index contributed by atoms with van der Waals surface area (Å²) in [5.74, 6) is 0.491. The van der Waals surface area contributed by atoms with Gasteiger partial charge in [-0.25, -0.2) is 0 Å². The highest BCUT2D eigenvalue weighted by atomic mass is 16.5. The second kappa shape index (κ2) is 3.55. The second-order valence-corrected chi connectivity index (χ2v) is 2.88. The Balaban J connectivity index is 2.41. The molecule has 0 aliphatic heterocycles. The first kappa shape index (κ1) is 8.83. The van der Waals surface area contributed by atoms with E-state index in [1.54, 1.807) is 4.52 Å². The Labute approximate surface area is 80.7 Å². The molecule has 0 saturated heterocycles. The van der Waals surface area contributed by atoms with Crippen LogP contribution >= 0.6 is 0 Å². The van der Waals surface area contributed by atoms with Crippen LogP contribution in [0.3, 0.4) is 0 Å². The van der Waals surface area contributed by atoms with Crippen LogP contribution in [0.2, 0.25) is 0 Å². The van der Waals surface area contributed by atoms with Crippen LogP contribution in [0.1, 0.15) is 0 Å². The third-order valence-electron chi connectivity index (χ3n) is 1.94. The highest BCUT2D eigenvalue weighted by molar-refractivity contribution is 5.69. The minimum absolute atomic E-state index is 0.0283. The minimum atomic E-state index is -0.0283. The molecule has 2 heterocycles. The molecule has 0 bridgehead atoms. The van der Waals surface area contributed by atoms with Crippen LogP contribution in [0.4, 0.5) is 5.69 Å². The number of hydrogen-bond donors (Lipinski definition) is 3. The normalized spacial score (nSPS) is 10.6. The number of aliphatic hydroxyl groups excluding tert-OH is 1. The van der Waals surface area contributed by atoms with Gasteiger partial charge in [-0.1, -0.05) is 4.52 Å². The van der Waals surface area contributed by atoms with Crippen LogP contribution in [-0.4, -0.2) is 23.4 Å². The number of ether oxygens (including phenoxy) is 1. The number of aliphatic hydroxyl groups is 1. The zero-order valence-electron chi connectivity index (χ0n) is 7.60. The quantitative estimate of drug-likeness (QED) is 0.587. The fourth-order valence-corrected chi connectivity index (χ4v) is 1.30. The van der Waals surface area contributed by atoms with Crippen LogP contribution in [0.5, 0.6) is 5.88 Å². The molecule has 0 aromatic carbocycles. The lowest BCUT2D eigenvalue weighted by Gasteiger charge is -1.97. The van der Waals surface area contributed by atoms with Gasteiger partial charge in [0.25, 0.3) is 11.4 Å². The van der Waals surface area contributed by atoms with E-state index in [4.69, 9.17) is 15.6 Å². The first-order valence-electron chi connectivity index (χ1n) is 4.34. The van der Waals surface area contributed by atoms with Crippen LogP contribution in [0.25, 0.3) is 5.52 Å². The van der Waals surface area contributed by atoms with Crippen molar-refractivity contribution in [3.63, 3.8) is 0 Å². The molecule has 2 aromatic heterocycles. The summed E-state index contributed by atoms with van der Waals surface area (Å²) in [5, 5.41) is 11.6. The van der Waals surface area contributed by atoms with E-state index in [1.165, 1.54) is 0 Å². The average molecular weight is 194 g/mol. The van der Waals surface area contributed by atoms with Gasteiger partial charge in [-0.2, -0.15) is 0 Å². The largest absolute Gasteiger partial charge is 0.472 e. The van der Waals surface area contributed by atoms with Crippen molar-refractivity contribution in [2.45, 2.75) is 0 Å². The molecule has 0 fully saturated rings. The lowest BCUT2D eigenvalue weighted by molar-refractivity contribution is -0.577. The number of fused-ring (bicyclic) bond motifs is 1. The summed E-state index contributed by atoms with van der Waals surface area (Å²) in [6.07, 6.45) is 1.84. The molecule has 0 spiro atoms. The number of nitrogens with zero attached hydrogens (tertiary/aromatic N) is 1. The summed E-state index contributed by atoms with van der Waals surface area (Å²) in [6.45, 7) is 0.205. The van der Waals surface area contributed by atoms with E-state index in [1.807, 2.05) is 24.4 Å². The zero-order chi connectivity index (χ0) is 9.97. The lowest BCUT2D eigenvalue weighted by atomic mass is 10.4. The van der Waals surface area contributed by atoms with Gasteiger partial charge in [-0.15, -0.1) is 5.10 Å². The fraction of sp³-hybridized carbons (Fsp3) is 0.222. The molecule has 14 heavy (non-hydrogen) atoms. The Morgan fingerprint density at radius 2 is 2.36 bits per heavy atom. The molecule has 4 N–H and O–H groups in total. The van der Waals surface area contributed by atoms with E-state index in [-0.39, 0.29) is 13.2 Å². The highest BCUT2D eigenvalue weighted by Crippen LogP contribution is 2.20. The molecular formula is C9H12N3O2+. The van der Waals surface area contributed by atoms with E-state index in [0.29, 0.717) is 11.6 Å². The van der Waals surface area contributed by atoms with Gasteiger partial charge < -0.3 is 15.6 Å². The van der Waals surface area contributed by atoms with Gasteiger partial charge in [0, 0.05) is 12.1 Å². The highest BCUT2D eigenvalue weighted by Gasteiger charge is 2.15. The summed E-state index contributed by atoms with van der Waals surface area (Å²) >= 11 is 0. The molecule has 0 radical (unpaired) electrons. The minimum Gasteiger partial charge on any atom is -0.472 e. The monoisotopic (exact) mass is 194 g/mol. The van der Waals surface area contributed by atoms with Crippen molar-refractivity contribution in [3.05, 3.63) is 24.4 Å². The van der Waals surface area contributed by atoms with Gasteiger partial charge in [-0.05, 0) is 6.07 Å². The Hall–Kier alpha value is -1.75. The topological polar surface area (TPSA) is 75.4 Å². The summed E-state index contributed by atoms with van der Waals surface area (Å²) in [5.41, 5.74) is 7.24. The summed E-state index contributed by atoms with van der Waals surface area (Å²) in [7, 11) is 0. The maximum absolute atomic E-state index is 8.61. The van der Waals surface area contributed by atoms with Crippen molar-refractivity contribution >= 4 is 11.2 Å². The molecule has 74 valence electrons. The standard InChI is InChI=1S/C9H11N3O2/c10-8-7-3-1-2-4-12(7)11-9(8)14-6-5-13/h1-4,13H,5-6,10H2/p+1. The molecule has 0 saturated carbocycles. The van der Waals surface area contributed by atoms with Crippen LogP contribution in [0.15, 0.2) is 24.4 Å². The van der Waals surface area contributed by atoms with Gasteiger partial charge in [-0.3, -0.25) is 0 Å². The number of H-pyrrole nitrogens is 1. The second-order valence-electron chi connectivity index (χ2n) is 2.88. The summed E-state index contributed by atoms with van der Waals surface area (Å²) < 4.78 is 6.99. The lowest BCUT2D eigenvalue weighted by Crippen LogP contribution is -2.21. The predicted octanol–water partition coefficient (Wildman–Crippen LogP) is -0.293. The van der Waals surface area contributed by atoms with Crippen molar-refractivity contribution in [1.29, 1.82) is 0 Å². The van der Waals surface area contributed by atoms with Gasteiger partial charge in [0.15, 0.2) is 5.69 Å².